The van der Waals surface area contributed by atoms with Crippen LogP contribution in [0, 0.1) is 5.82 Å². The highest BCUT2D eigenvalue weighted by molar-refractivity contribution is 6.30. The molecule has 1 nitrogen and oxygen atoms in total. The van der Waals surface area contributed by atoms with Crippen LogP contribution in [0.5, 0.6) is 5.75 Å². The van der Waals surface area contributed by atoms with Gasteiger partial charge in [0.25, 0.3) is 0 Å². The number of ether oxygens (including phenoxy) is 1. The summed E-state index contributed by atoms with van der Waals surface area (Å²) >= 11 is 5.57. The third kappa shape index (κ3) is 1.69. The van der Waals surface area contributed by atoms with Gasteiger partial charge in [-0.3, -0.25) is 0 Å². The largest absolute Gasteiger partial charge is 0.487 e. The summed E-state index contributed by atoms with van der Waals surface area (Å²) < 4.78 is 18.3. The van der Waals surface area contributed by atoms with Gasteiger partial charge in [-0.25, -0.2) is 4.39 Å². The second-order valence-corrected chi connectivity index (χ2v) is 3.33. The highest BCUT2D eigenvalue weighted by atomic mass is 35.5. The Balaban J connectivity index is 2.18. The summed E-state index contributed by atoms with van der Waals surface area (Å²) in [6, 6.07) is 4.46. The Kier molecular flexibility index (Phi) is 1.93. The molecule has 2 rings (SSSR count). The van der Waals surface area contributed by atoms with Crippen molar-refractivity contribution in [2.24, 2.45) is 0 Å². The van der Waals surface area contributed by atoms with E-state index >= 15 is 0 Å². The van der Waals surface area contributed by atoms with Crippen molar-refractivity contribution in [3.63, 3.8) is 0 Å². The van der Waals surface area contributed by atoms with Crippen LogP contribution < -0.4 is 4.74 Å². The molecule has 0 N–H and O–H groups in total. The van der Waals surface area contributed by atoms with E-state index in [4.69, 9.17) is 16.3 Å². The molecule has 1 aliphatic rings. The van der Waals surface area contributed by atoms with Gasteiger partial charge in [-0.1, -0.05) is 11.6 Å². The summed E-state index contributed by atoms with van der Waals surface area (Å²) in [5.74, 6) is -0.0729. The van der Waals surface area contributed by atoms with Gasteiger partial charge in [0.15, 0.2) is 11.6 Å². The minimum Gasteiger partial charge on any atom is -0.487 e. The van der Waals surface area contributed by atoms with Crippen LogP contribution >= 0.6 is 11.6 Å². The molecular formula is C9H8ClFO. The van der Waals surface area contributed by atoms with Gasteiger partial charge < -0.3 is 4.74 Å². The molecule has 1 saturated carbocycles. The molecule has 0 saturated heterocycles. The van der Waals surface area contributed by atoms with Crippen LogP contribution in [-0.2, 0) is 0 Å². The lowest BCUT2D eigenvalue weighted by Crippen LogP contribution is -1.97. The van der Waals surface area contributed by atoms with Crippen LogP contribution in [0.15, 0.2) is 18.2 Å². The molecular weight excluding hydrogens is 179 g/mol. The van der Waals surface area contributed by atoms with E-state index in [0.717, 1.165) is 12.8 Å². The van der Waals surface area contributed by atoms with Crippen LogP contribution in [0.1, 0.15) is 12.8 Å². The van der Waals surface area contributed by atoms with Crippen molar-refractivity contribution in [3.8, 4) is 5.75 Å². The molecule has 0 atom stereocenters. The summed E-state index contributed by atoms with van der Waals surface area (Å²) in [5, 5.41) is 0.399. The molecule has 12 heavy (non-hydrogen) atoms. The van der Waals surface area contributed by atoms with E-state index in [2.05, 4.69) is 0 Å². The van der Waals surface area contributed by atoms with Gasteiger partial charge in [-0.15, -0.1) is 0 Å². The number of hydrogen-bond acceptors (Lipinski definition) is 1. The standard InChI is InChI=1S/C9H8ClFO/c10-6-1-4-9(8(11)5-6)12-7-2-3-7/h1,4-5,7H,2-3H2. The first kappa shape index (κ1) is 7.87. The lowest BCUT2D eigenvalue weighted by Gasteiger charge is -2.04. The maximum atomic E-state index is 13.0. The Morgan fingerprint density at radius 1 is 1.42 bits per heavy atom. The average molecular weight is 187 g/mol. The molecule has 0 unspecified atom stereocenters. The third-order valence-electron chi connectivity index (χ3n) is 1.71. The summed E-state index contributed by atoms with van der Waals surface area (Å²) in [6.07, 6.45) is 2.28. The lowest BCUT2D eigenvalue weighted by atomic mass is 10.3. The van der Waals surface area contributed by atoms with Gasteiger partial charge in [0.1, 0.15) is 0 Å². The maximum Gasteiger partial charge on any atom is 0.166 e. The maximum absolute atomic E-state index is 13.0. The fourth-order valence-electron chi connectivity index (χ4n) is 0.936. The van der Waals surface area contributed by atoms with E-state index in [1.165, 1.54) is 6.07 Å². The van der Waals surface area contributed by atoms with E-state index in [0.29, 0.717) is 10.8 Å². The van der Waals surface area contributed by atoms with Crippen LogP contribution in [0.2, 0.25) is 5.02 Å². The summed E-state index contributed by atoms with van der Waals surface area (Å²) in [5.41, 5.74) is 0. The predicted octanol–water partition coefficient (Wildman–Crippen LogP) is 3.02. The van der Waals surface area contributed by atoms with Crippen molar-refractivity contribution in [1.82, 2.24) is 0 Å². The fraction of sp³-hybridized carbons (Fsp3) is 0.333. The van der Waals surface area contributed by atoms with Gasteiger partial charge in [-0.05, 0) is 31.0 Å². The first-order valence-corrected chi connectivity index (χ1v) is 4.25. The normalized spacial score (nSPS) is 16.2. The molecule has 0 aliphatic heterocycles. The minimum absolute atomic E-state index is 0.223. The zero-order chi connectivity index (χ0) is 8.55. The van der Waals surface area contributed by atoms with E-state index < -0.39 is 0 Å². The van der Waals surface area contributed by atoms with Crippen molar-refractivity contribution in [2.45, 2.75) is 18.9 Å². The van der Waals surface area contributed by atoms with Gasteiger partial charge in [0.05, 0.1) is 6.10 Å². The molecule has 0 spiro atoms. The molecule has 1 fully saturated rings. The summed E-state index contributed by atoms with van der Waals surface area (Å²) in [4.78, 5) is 0. The topological polar surface area (TPSA) is 9.23 Å². The van der Waals surface area contributed by atoms with Crippen LogP contribution in [0.4, 0.5) is 4.39 Å². The Morgan fingerprint density at radius 3 is 2.75 bits per heavy atom. The number of rotatable bonds is 2. The lowest BCUT2D eigenvalue weighted by molar-refractivity contribution is 0.287. The molecule has 0 heterocycles. The second-order valence-electron chi connectivity index (χ2n) is 2.89. The van der Waals surface area contributed by atoms with E-state index in [9.17, 15) is 4.39 Å². The van der Waals surface area contributed by atoms with Crippen LogP contribution in [0.3, 0.4) is 0 Å². The monoisotopic (exact) mass is 186 g/mol. The molecule has 64 valence electrons. The van der Waals surface area contributed by atoms with E-state index in [1.807, 2.05) is 0 Å². The second kappa shape index (κ2) is 2.94. The van der Waals surface area contributed by atoms with Crippen molar-refractivity contribution < 1.29 is 9.13 Å². The Labute approximate surface area is 75.1 Å². The molecule has 3 heteroatoms. The van der Waals surface area contributed by atoms with E-state index in [1.54, 1.807) is 12.1 Å². The number of hydrogen-bond donors (Lipinski definition) is 0. The SMILES string of the molecule is Fc1cc(Cl)ccc1OC1CC1. The molecule has 0 amide bonds. The Bertz CT molecular complexity index is 297. The van der Waals surface area contributed by atoms with Crippen molar-refractivity contribution in [2.75, 3.05) is 0 Å². The molecule has 1 aliphatic carbocycles. The Hall–Kier alpha value is -0.760. The van der Waals surface area contributed by atoms with Crippen LogP contribution in [-0.4, -0.2) is 6.10 Å². The molecule has 1 aromatic rings. The molecule has 0 bridgehead atoms. The zero-order valence-corrected chi connectivity index (χ0v) is 7.14. The fourth-order valence-corrected chi connectivity index (χ4v) is 1.10. The highest BCUT2D eigenvalue weighted by Crippen LogP contribution is 2.29. The number of benzene rings is 1. The smallest absolute Gasteiger partial charge is 0.166 e. The quantitative estimate of drug-likeness (QED) is 0.690. The number of halogens is 2. The average Bonchev–Trinajstić information content (AvgIpc) is 2.79. The van der Waals surface area contributed by atoms with Crippen molar-refractivity contribution in [1.29, 1.82) is 0 Å². The van der Waals surface area contributed by atoms with Crippen molar-refractivity contribution in [3.05, 3.63) is 29.0 Å². The van der Waals surface area contributed by atoms with Gasteiger partial charge in [0, 0.05) is 5.02 Å². The minimum atomic E-state index is -0.380. The Morgan fingerprint density at radius 2 is 2.17 bits per heavy atom. The molecule has 1 aromatic carbocycles. The van der Waals surface area contributed by atoms with Crippen molar-refractivity contribution >= 4 is 11.6 Å². The summed E-state index contributed by atoms with van der Waals surface area (Å²) in [6.45, 7) is 0. The van der Waals surface area contributed by atoms with Gasteiger partial charge >= 0.3 is 0 Å². The zero-order valence-electron chi connectivity index (χ0n) is 6.39. The predicted molar refractivity (Wildman–Crippen MR) is 45.1 cm³/mol. The van der Waals surface area contributed by atoms with E-state index in [-0.39, 0.29) is 11.9 Å². The summed E-state index contributed by atoms with van der Waals surface area (Å²) in [7, 11) is 0. The molecule has 0 aromatic heterocycles. The molecule has 0 radical (unpaired) electrons. The third-order valence-corrected chi connectivity index (χ3v) is 1.95. The van der Waals surface area contributed by atoms with Crippen LogP contribution in [0.25, 0.3) is 0 Å². The highest BCUT2D eigenvalue weighted by Gasteiger charge is 2.24. The van der Waals surface area contributed by atoms with Gasteiger partial charge in [0.2, 0.25) is 0 Å². The van der Waals surface area contributed by atoms with Gasteiger partial charge in [-0.2, -0.15) is 0 Å². The first-order valence-electron chi connectivity index (χ1n) is 3.87. The first-order chi connectivity index (χ1) is 5.75.